The highest BCUT2D eigenvalue weighted by Crippen LogP contribution is 2.09. The highest BCUT2D eigenvalue weighted by molar-refractivity contribution is 5.96. The van der Waals surface area contributed by atoms with Gasteiger partial charge in [0.05, 0.1) is 12.2 Å². The molecule has 1 aromatic carbocycles. The van der Waals surface area contributed by atoms with E-state index < -0.39 is 0 Å². The van der Waals surface area contributed by atoms with Gasteiger partial charge in [0.2, 0.25) is 5.91 Å². The summed E-state index contributed by atoms with van der Waals surface area (Å²) in [7, 11) is 0. The summed E-state index contributed by atoms with van der Waals surface area (Å²) in [5.74, 6) is -0.251. The molecule has 1 N–H and O–H groups in total. The Bertz CT molecular complexity index is 643. The summed E-state index contributed by atoms with van der Waals surface area (Å²) in [4.78, 5) is 25.7. The van der Waals surface area contributed by atoms with Gasteiger partial charge < -0.3 is 10.2 Å². The molecule has 0 aliphatic carbocycles. The van der Waals surface area contributed by atoms with Gasteiger partial charge in [-0.25, -0.2) is 4.68 Å². The molecule has 6 nitrogen and oxygen atoms in total. The fourth-order valence-electron chi connectivity index (χ4n) is 2.52. The Hall–Kier alpha value is -2.63. The molecule has 0 spiro atoms. The van der Waals surface area contributed by atoms with Crippen molar-refractivity contribution in [1.82, 2.24) is 20.0 Å². The van der Waals surface area contributed by atoms with Crippen molar-refractivity contribution in [2.45, 2.75) is 12.8 Å². The van der Waals surface area contributed by atoms with Crippen LogP contribution >= 0.6 is 0 Å². The molecule has 2 amide bonds. The van der Waals surface area contributed by atoms with E-state index in [1.165, 1.54) is 0 Å². The summed E-state index contributed by atoms with van der Waals surface area (Å²) >= 11 is 0. The first-order valence-corrected chi connectivity index (χ1v) is 7.40. The maximum absolute atomic E-state index is 12.1. The molecular weight excluding hydrogens is 280 g/mol. The summed E-state index contributed by atoms with van der Waals surface area (Å²) in [6.45, 7) is 1.65. The number of rotatable bonds is 4. The molecule has 22 heavy (non-hydrogen) atoms. The molecule has 1 aromatic heterocycles. The number of carbonyl (C=O) groups excluding carboxylic acids is 2. The molecule has 0 radical (unpaired) electrons. The topological polar surface area (TPSA) is 67.2 Å². The first-order chi connectivity index (χ1) is 10.7. The molecule has 1 fully saturated rings. The van der Waals surface area contributed by atoms with Crippen LogP contribution in [0.5, 0.6) is 0 Å². The van der Waals surface area contributed by atoms with Gasteiger partial charge in [0.15, 0.2) is 0 Å². The molecule has 0 saturated carbocycles. The Morgan fingerprint density at radius 3 is 2.50 bits per heavy atom. The molecule has 2 aromatic rings. The fraction of sp³-hybridized carbons (Fsp3) is 0.312. The van der Waals surface area contributed by atoms with Crippen molar-refractivity contribution in [2.24, 2.45) is 0 Å². The summed E-state index contributed by atoms with van der Waals surface area (Å²) in [6, 6.07) is 8.94. The smallest absolute Gasteiger partial charge is 0.251 e. The van der Waals surface area contributed by atoms with Crippen molar-refractivity contribution >= 4 is 11.8 Å². The standard InChI is InChI=1S/C16H18N4O2/c21-15(19-9-1-2-10-19)12-17-16(22)13-4-6-14(7-5-13)20-11-3-8-18-20/h3-8,11H,1-2,9-10,12H2,(H,17,22). The Morgan fingerprint density at radius 1 is 1.14 bits per heavy atom. The van der Waals surface area contributed by atoms with Crippen LogP contribution < -0.4 is 5.32 Å². The lowest BCUT2D eigenvalue weighted by molar-refractivity contribution is -0.129. The normalized spacial score (nSPS) is 14.1. The van der Waals surface area contributed by atoms with E-state index in [4.69, 9.17) is 0 Å². The average Bonchev–Trinajstić information content (AvgIpc) is 3.25. The van der Waals surface area contributed by atoms with Crippen molar-refractivity contribution in [3.63, 3.8) is 0 Å². The lowest BCUT2D eigenvalue weighted by Crippen LogP contribution is -2.38. The van der Waals surface area contributed by atoms with Crippen LogP contribution in [-0.2, 0) is 4.79 Å². The number of nitrogens with one attached hydrogen (secondary N) is 1. The van der Waals surface area contributed by atoms with E-state index in [9.17, 15) is 9.59 Å². The molecule has 1 aliphatic heterocycles. The van der Waals surface area contributed by atoms with Gasteiger partial charge in [0.1, 0.15) is 0 Å². The number of hydrogen-bond donors (Lipinski definition) is 1. The summed E-state index contributed by atoms with van der Waals surface area (Å²) in [6.07, 6.45) is 5.64. The first kappa shape index (κ1) is 14.3. The third kappa shape index (κ3) is 3.16. The van der Waals surface area contributed by atoms with Crippen molar-refractivity contribution in [1.29, 1.82) is 0 Å². The van der Waals surface area contributed by atoms with Crippen LogP contribution in [0.25, 0.3) is 5.69 Å². The van der Waals surface area contributed by atoms with Crippen molar-refractivity contribution in [3.8, 4) is 5.69 Å². The molecule has 3 rings (SSSR count). The number of amides is 2. The van der Waals surface area contributed by atoms with E-state index in [1.54, 1.807) is 27.9 Å². The first-order valence-electron chi connectivity index (χ1n) is 7.40. The second kappa shape index (κ2) is 6.43. The van der Waals surface area contributed by atoms with Gasteiger partial charge in [0, 0.05) is 31.0 Å². The predicted octanol–water partition coefficient (Wildman–Crippen LogP) is 1.22. The Morgan fingerprint density at radius 2 is 1.86 bits per heavy atom. The minimum atomic E-state index is -0.237. The molecule has 0 bridgehead atoms. The molecule has 0 atom stereocenters. The van der Waals surface area contributed by atoms with E-state index in [2.05, 4.69) is 10.4 Å². The minimum absolute atomic E-state index is 0.0148. The van der Waals surface area contributed by atoms with Crippen LogP contribution in [0.4, 0.5) is 0 Å². The van der Waals surface area contributed by atoms with Gasteiger partial charge in [-0.15, -0.1) is 0 Å². The maximum Gasteiger partial charge on any atom is 0.251 e. The summed E-state index contributed by atoms with van der Waals surface area (Å²) < 4.78 is 1.72. The zero-order chi connectivity index (χ0) is 15.4. The van der Waals surface area contributed by atoms with Crippen LogP contribution in [0.15, 0.2) is 42.7 Å². The van der Waals surface area contributed by atoms with E-state index in [-0.39, 0.29) is 18.4 Å². The highest BCUT2D eigenvalue weighted by Gasteiger charge is 2.18. The third-order valence-corrected chi connectivity index (χ3v) is 3.76. The number of likely N-dealkylation sites (tertiary alicyclic amines) is 1. The largest absolute Gasteiger partial charge is 0.343 e. The van der Waals surface area contributed by atoms with Crippen molar-refractivity contribution < 1.29 is 9.59 Å². The van der Waals surface area contributed by atoms with Crippen LogP contribution in [0.3, 0.4) is 0 Å². The van der Waals surface area contributed by atoms with Gasteiger partial charge >= 0.3 is 0 Å². The van der Waals surface area contributed by atoms with E-state index in [0.717, 1.165) is 31.6 Å². The lowest BCUT2D eigenvalue weighted by atomic mass is 10.2. The summed E-state index contributed by atoms with van der Waals surface area (Å²) in [5, 5.41) is 6.81. The second-order valence-corrected chi connectivity index (χ2v) is 5.27. The van der Waals surface area contributed by atoms with Crippen molar-refractivity contribution in [3.05, 3.63) is 48.3 Å². The molecule has 0 unspecified atom stereocenters. The van der Waals surface area contributed by atoms with Crippen LogP contribution in [0.1, 0.15) is 23.2 Å². The predicted molar refractivity (Wildman–Crippen MR) is 81.7 cm³/mol. The lowest BCUT2D eigenvalue weighted by Gasteiger charge is -2.15. The molecule has 2 heterocycles. The Labute approximate surface area is 128 Å². The zero-order valence-corrected chi connectivity index (χ0v) is 12.2. The van der Waals surface area contributed by atoms with Crippen LogP contribution in [-0.4, -0.2) is 46.1 Å². The van der Waals surface area contributed by atoms with Crippen LogP contribution in [0.2, 0.25) is 0 Å². The van der Waals surface area contributed by atoms with Gasteiger partial charge in [-0.05, 0) is 43.2 Å². The van der Waals surface area contributed by atoms with Crippen LogP contribution in [0, 0.1) is 0 Å². The minimum Gasteiger partial charge on any atom is -0.343 e. The monoisotopic (exact) mass is 298 g/mol. The third-order valence-electron chi connectivity index (χ3n) is 3.76. The fourth-order valence-corrected chi connectivity index (χ4v) is 2.52. The van der Waals surface area contributed by atoms with E-state index in [1.807, 2.05) is 24.4 Å². The second-order valence-electron chi connectivity index (χ2n) is 5.27. The Kier molecular flexibility index (Phi) is 4.18. The van der Waals surface area contributed by atoms with Crippen molar-refractivity contribution in [2.75, 3.05) is 19.6 Å². The number of carbonyl (C=O) groups is 2. The number of nitrogens with zero attached hydrogens (tertiary/aromatic N) is 3. The Balaban J connectivity index is 1.57. The van der Waals surface area contributed by atoms with E-state index >= 15 is 0 Å². The van der Waals surface area contributed by atoms with Gasteiger partial charge in [0.25, 0.3) is 5.91 Å². The maximum atomic E-state index is 12.1. The number of aromatic nitrogens is 2. The molecular formula is C16H18N4O2. The number of hydrogen-bond acceptors (Lipinski definition) is 3. The van der Waals surface area contributed by atoms with E-state index in [0.29, 0.717) is 5.56 Å². The molecule has 6 heteroatoms. The zero-order valence-electron chi connectivity index (χ0n) is 12.2. The average molecular weight is 298 g/mol. The highest BCUT2D eigenvalue weighted by atomic mass is 16.2. The van der Waals surface area contributed by atoms with Gasteiger partial charge in [-0.2, -0.15) is 5.10 Å². The molecule has 114 valence electrons. The summed E-state index contributed by atoms with van der Waals surface area (Å²) in [5.41, 5.74) is 1.42. The SMILES string of the molecule is O=C(NCC(=O)N1CCCC1)c1ccc(-n2cccn2)cc1. The number of benzene rings is 1. The molecule has 1 saturated heterocycles. The molecule has 1 aliphatic rings. The van der Waals surface area contributed by atoms with Gasteiger partial charge in [-0.1, -0.05) is 0 Å². The van der Waals surface area contributed by atoms with Gasteiger partial charge in [-0.3, -0.25) is 9.59 Å². The quantitative estimate of drug-likeness (QED) is 0.923.